The fourth-order valence-corrected chi connectivity index (χ4v) is 4.33. The molecule has 0 saturated carbocycles. The van der Waals surface area contributed by atoms with Gasteiger partial charge < -0.3 is 19.7 Å². The molecule has 0 atom stereocenters. The van der Waals surface area contributed by atoms with E-state index in [1.807, 2.05) is 18.2 Å². The third-order valence-electron chi connectivity index (χ3n) is 5.72. The number of piperidine rings is 1. The molecule has 2 aromatic rings. The van der Waals surface area contributed by atoms with Crippen molar-refractivity contribution in [3.05, 3.63) is 47.0 Å². The molecule has 5 nitrogen and oxygen atoms in total. The normalized spacial score (nSPS) is 17.7. The highest BCUT2D eigenvalue weighted by Crippen LogP contribution is 2.40. The fraction of sp³-hybridized carbons (Fsp3) is 0.409. The van der Waals surface area contributed by atoms with Crippen molar-refractivity contribution in [3.8, 4) is 11.5 Å². The molecule has 0 unspecified atom stereocenters. The van der Waals surface area contributed by atoms with Crippen molar-refractivity contribution in [2.45, 2.75) is 32.1 Å². The molecule has 3 aliphatic heterocycles. The molecule has 27 heavy (non-hydrogen) atoms. The average Bonchev–Trinajstić information content (AvgIpc) is 3.36. The number of hydrogen-bond donors (Lipinski definition) is 1. The Morgan fingerprint density at radius 3 is 2.56 bits per heavy atom. The van der Waals surface area contributed by atoms with Crippen molar-refractivity contribution in [2.75, 3.05) is 36.5 Å². The van der Waals surface area contributed by atoms with E-state index in [1.54, 1.807) is 0 Å². The Morgan fingerprint density at radius 1 is 0.963 bits per heavy atom. The third kappa shape index (κ3) is 3.01. The first-order valence-electron chi connectivity index (χ1n) is 9.90. The molecular formula is C22H24N2O3. The van der Waals surface area contributed by atoms with Crippen LogP contribution in [0.25, 0.3) is 0 Å². The zero-order valence-electron chi connectivity index (χ0n) is 15.4. The van der Waals surface area contributed by atoms with Gasteiger partial charge in [0.25, 0.3) is 5.91 Å². The standard InChI is InChI=1S/C22H24N2O3/c25-22(20-18-9-13-26-19(18)14-15-8-12-27-21(15)20)23-16-4-6-17(7-5-16)24-10-2-1-3-11-24/h4-7,14H,1-3,8-13H2,(H,23,25). The summed E-state index contributed by atoms with van der Waals surface area (Å²) in [6.07, 6.45) is 5.41. The van der Waals surface area contributed by atoms with Crippen LogP contribution in [0.1, 0.15) is 40.7 Å². The van der Waals surface area contributed by atoms with Crippen LogP contribution in [-0.4, -0.2) is 32.2 Å². The van der Waals surface area contributed by atoms with Gasteiger partial charge in [-0.15, -0.1) is 0 Å². The van der Waals surface area contributed by atoms with Crippen LogP contribution in [0.3, 0.4) is 0 Å². The number of hydrogen-bond acceptors (Lipinski definition) is 4. The second kappa shape index (κ2) is 6.80. The van der Waals surface area contributed by atoms with Crippen LogP contribution in [0.4, 0.5) is 11.4 Å². The lowest BCUT2D eigenvalue weighted by Crippen LogP contribution is -2.29. The molecule has 1 amide bonds. The quantitative estimate of drug-likeness (QED) is 0.900. The van der Waals surface area contributed by atoms with E-state index in [0.29, 0.717) is 18.8 Å². The Labute approximate surface area is 159 Å². The number of fused-ring (bicyclic) bond motifs is 2. The van der Waals surface area contributed by atoms with E-state index in [9.17, 15) is 4.79 Å². The second-order valence-corrected chi connectivity index (χ2v) is 7.46. The SMILES string of the molecule is O=C(Nc1ccc(N2CCCCC2)cc1)c1c2c(cc3c1OCC3)OCC2. The first kappa shape index (κ1) is 16.5. The summed E-state index contributed by atoms with van der Waals surface area (Å²) < 4.78 is 11.5. The number of amides is 1. The van der Waals surface area contributed by atoms with Crippen molar-refractivity contribution in [2.24, 2.45) is 0 Å². The minimum atomic E-state index is -0.110. The van der Waals surface area contributed by atoms with E-state index < -0.39 is 0 Å². The molecule has 2 aromatic carbocycles. The Kier molecular flexibility index (Phi) is 4.15. The number of nitrogens with zero attached hydrogens (tertiary/aromatic N) is 1. The van der Waals surface area contributed by atoms with E-state index >= 15 is 0 Å². The van der Waals surface area contributed by atoms with Crippen LogP contribution >= 0.6 is 0 Å². The highest BCUT2D eigenvalue weighted by atomic mass is 16.5. The minimum absolute atomic E-state index is 0.110. The maximum absolute atomic E-state index is 13.1. The van der Waals surface area contributed by atoms with Crippen molar-refractivity contribution < 1.29 is 14.3 Å². The third-order valence-corrected chi connectivity index (χ3v) is 5.72. The molecule has 5 rings (SSSR count). The molecule has 0 radical (unpaired) electrons. The van der Waals surface area contributed by atoms with Gasteiger partial charge in [-0.1, -0.05) is 0 Å². The van der Waals surface area contributed by atoms with Gasteiger partial charge in [0.05, 0.1) is 18.8 Å². The fourth-order valence-electron chi connectivity index (χ4n) is 4.33. The molecule has 140 valence electrons. The van der Waals surface area contributed by atoms with Crippen LogP contribution in [0.2, 0.25) is 0 Å². The zero-order chi connectivity index (χ0) is 18.2. The largest absolute Gasteiger partial charge is 0.493 e. The molecule has 3 aliphatic rings. The van der Waals surface area contributed by atoms with Crippen LogP contribution in [-0.2, 0) is 12.8 Å². The summed E-state index contributed by atoms with van der Waals surface area (Å²) in [5, 5.41) is 3.05. The average molecular weight is 364 g/mol. The zero-order valence-corrected chi connectivity index (χ0v) is 15.4. The van der Waals surface area contributed by atoms with E-state index in [0.717, 1.165) is 54.2 Å². The number of nitrogens with one attached hydrogen (secondary N) is 1. The number of rotatable bonds is 3. The second-order valence-electron chi connectivity index (χ2n) is 7.46. The Bertz CT molecular complexity index is 838. The summed E-state index contributed by atoms with van der Waals surface area (Å²) in [6, 6.07) is 10.2. The first-order valence-corrected chi connectivity index (χ1v) is 9.90. The van der Waals surface area contributed by atoms with Crippen LogP contribution < -0.4 is 19.7 Å². The molecule has 0 spiro atoms. The van der Waals surface area contributed by atoms with Gasteiger partial charge in [0.15, 0.2) is 0 Å². The summed E-state index contributed by atoms with van der Waals surface area (Å²) in [5.74, 6) is 1.47. The molecule has 1 fully saturated rings. The lowest BCUT2D eigenvalue weighted by molar-refractivity contribution is 0.102. The summed E-state index contributed by atoms with van der Waals surface area (Å²) >= 11 is 0. The molecule has 3 heterocycles. The van der Waals surface area contributed by atoms with Crippen molar-refractivity contribution in [1.82, 2.24) is 0 Å². The molecule has 1 N–H and O–H groups in total. The maximum Gasteiger partial charge on any atom is 0.259 e. The number of carbonyl (C=O) groups excluding carboxylic acids is 1. The summed E-state index contributed by atoms with van der Waals surface area (Å²) in [5.41, 5.74) is 4.73. The highest BCUT2D eigenvalue weighted by Gasteiger charge is 2.30. The molecule has 0 aliphatic carbocycles. The van der Waals surface area contributed by atoms with Crippen molar-refractivity contribution in [1.29, 1.82) is 0 Å². The smallest absolute Gasteiger partial charge is 0.259 e. The molecular weight excluding hydrogens is 340 g/mol. The highest BCUT2D eigenvalue weighted by molar-refractivity contribution is 6.08. The lowest BCUT2D eigenvalue weighted by atomic mass is 9.99. The van der Waals surface area contributed by atoms with E-state index in [-0.39, 0.29) is 5.91 Å². The van der Waals surface area contributed by atoms with E-state index in [1.165, 1.54) is 24.9 Å². The Balaban J connectivity index is 1.38. The van der Waals surface area contributed by atoms with Gasteiger partial charge in [-0.05, 0) is 49.6 Å². The van der Waals surface area contributed by atoms with Crippen molar-refractivity contribution in [3.63, 3.8) is 0 Å². The van der Waals surface area contributed by atoms with Crippen LogP contribution in [0.5, 0.6) is 11.5 Å². The van der Waals surface area contributed by atoms with Gasteiger partial charge in [0.1, 0.15) is 11.5 Å². The number of anilines is 2. The molecule has 0 bridgehead atoms. The summed E-state index contributed by atoms with van der Waals surface area (Å²) in [7, 11) is 0. The van der Waals surface area contributed by atoms with Gasteiger partial charge in [-0.3, -0.25) is 4.79 Å². The van der Waals surface area contributed by atoms with E-state index in [4.69, 9.17) is 9.47 Å². The number of ether oxygens (including phenoxy) is 2. The molecule has 0 aromatic heterocycles. The number of benzene rings is 2. The van der Waals surface area contributed by atoms with Crippen molar-refractivity contribution >= 4 is 17.3 Å². The monoisotopic (exact) mass is 364 g/mol. The maximum atomic E-state index is 13.1. The minimum Gasteiger partial charge on any atom is -0.493 e. The van der Waals surface area contributed by atoms with Crippen LogP contribution in [0, 0.1) is 0 Å². The van der Waals surface area contributed by atoms with Gasteiger partial charge in [-0.25, -0.2) is 0 Å². The van der Waals surface area contributed by atoms with Gasteiger partial charge in [0.2, 0.25) is 0 Å². The molecule has 1 saturated heterocycles. The Morgan fingerprint density at radius 2 is 1.74 bits per heavy atom. The predicted octanol–water partition coefficient (Wildman–Crippen LogP) is 3.80. The molecule has 5 heteroatoms. The van der Waals surface area contributed by atoms with Gasteiger partial charge in [0, 0.05) is 48.4 Å². The topological polar surface area (TPSA) is 50.8 Å². The van der Waals surface area contributed by atoms with E-state index in [2.05, 4.69) is 22.3 Å². The first-order chi connectivity index (χ1) is 13.3. The number of carbonyl (C=O) groups is 1. The van der Waals surface area contributed by atoms with Crippen LogP contribution in [0.15, 0.2) is 30.3 Å². The van der Waals surface area contributed by atoms with Gasteiger partial charge in [-0.2, -0.15) is 0 Å². The van der Waals surface area contributed by atoms with Gasteiger partial charge >= 0.3 is 0 Å². The Hall–Kier alpha value is -2.69. The lowest BCUT2D eigenvalue weighted by Gasteiger charge is -2.28. The predicted molar refractivity (Wildman–Crippen MR) is 105 cm³/mol. The summed E-state index contributed by atoms with van der Waals surface area (Å²) in [4.78, 5) is 15.5. The summed E-state index contributed by atoms with van der Waals surface area (Å²) in [6.45, 7) is 3.49.